The smallest absolute Gasteiger partial charge is 0.251 e. The van der Waals surface area contributed by atoms with Gasteiger partial charge in [-0.15, -0.1) is 0 Å². The molecule has 0 radical (unpaired) electrons. The summed E-state index contributed by atoms with van der Waals surface area (Å²) >= 11 is 6.78. The van der Waals surface area contributed by atoms with Gasteiger partial charge in [0.1, 0.15) is 0 Å². The fourth-order valence-electron chi connectivity index (χ4n) is 4.94. The molecule has 0 bridgehead atoms. The first-order valence-electron chi connectivity index (χ1n) is 11.1. The lowest BCUT2D eigenvalue weighted by molar-refractivity contribution is -0.126. The zero-order valence-corrected chi connectivity index (χ0v) is 21.4. The van der Waals surface area contributed by atoms with Gasteiger partial charge in [0.15, 0.2) is 0 Å². The summed E-state index contributed by atoms with van der Waals surface area (Å²) in [4.78, 5) is 58.1. The van der Waals surface area contributed by atoms with Crippen LogP contribution in [0.3, 0.4) is 0 Å². The van der Waals surface area contributed by atoms with Crippen molar-refractivity contribution in [2.75, 3.05) is 36.0 Å². The summed E-state index contributed by atoms with van der Waals surface area (Å²) in [6, 6.07) is 13.3. The first-order chi connectivity index (χ1) is 16.3. The van der Waals surface area contributed by atoms with Crippen LogP contribution < -0.4 is 9.80 Å². The number of hydrogen-bond acceptors (Lipinski definition) is 6. The van der Waals surface area contributed by atoms with Crippen LogP contribution in [0.1, 0.15) is 12.8 Å². The highest BCUT2D eigenvalue weighted by atomic mass is 79.9. The highest BCUT2D eigenvalue weighted by Gasteiger charge is 2.46. The Morgan fingerprint density at radius 2 is 1.00 bits per heavy atom. The molecule has 3 heterocycles. The van der Waals surface area contributed by atoms with Crippen molar-refractivity contribution in [1.82, 2.24) is 9.80 Å². The van der Waals surface area contributed by atoms with Crippen LogP contribution in [0.2, 0.25) is 0 Å². The maximum atomic E-state index is 13.1. The molecule has 0 spiro atoms. The van der Waals surface area contributed by atoms with Gasteiger partial charge in [-0.2, -0.15) is 0 Å². The van der Waals surface area contributed by atoms with Crippen LogP contribution in [-0.2, 0) is 19.2 Å². The third-order valence-corrected chi connectivity index (χ3v) is 7.60. The molecule has 8 nitrogen and oxygen atoms in total. The molecular weight excluding hydrogens is 568 g/mol. The average molecular weight is 590 g/mol. The molecule has 3 saturated heterocycles. The summed E-state index contributed by atoms with van der Waals surface area (Å²) in [7, 11) is 0. The highest BCUT2D eigenvalue weighted by Crippen LogP contribution is 2.31. The molecule has 0 N–H and O–H groups in total. The van der Waals surface area contributed by atoms with E-state index >= 15 is 0 Å². The Balaban J connectivity index is 1.24. The molecule has 2 aromatic rings. The Kier molecular flexibility index (Phi) is 6.41. The second-order valence-electron chi connectivity index (χ2n) is 8.61. The minimum Gasteiger partial charge on any atom is -0.289 e. The Hall–Kier alpha value is -2.40. The van der Waals surface area contributed by atoms with Crippen molar-refractivity contribution < 1.29 is 19.2 Å². The van der Waals surface area contributed by atoms with Crippen molar-refractivity contribution >= 4 is 66.9 Å². The number of benzene rings is 2. The van der Waals surface area contributed by atoms with E-state index in [2.05, 4.69) is 31.9 Å². The number of carbonyl (C=O) groups is 4. The Morgan fingerprint density at radius 3 is 1.35 bits per heavy atom. The van der Waals surface area contributed by atoms with Crippen molar-refractivity contribution in [2.24, 2.45) is 0 Å². The molecule has 3 aliphatic heterocycles. The molecular formula is C24H22Br2N4O4. The van der Waals surface area contributed by atoms with Crippen molar-refractivity contribution in [3.05, 3.63) is 57.5 Å². The minimum atomic E-state index is -0.507. The first-order valence-corrected chi connectivity index (χ1v) is 12.6. The standard InChI is InChI=1S/C24H22Br2N4O4/c25-15-3-1-5-17(11-15)29-21(31)13-19(23(29)33)27-7-9-28(10-8-27)20-14-22(32)30(24(20)34)18-6-2-4-16(26)12-18/h1-6,11-12,19-20H,7-10,13-14H2/t19-,20-/m1/s1. The van der Waals surface area contributed by atoms with E-state index in [9.17, 15) is 19.2 Å². The number of carbonyl (C=O) groups excluding carboxylic acids is 4. The maximum Gasteiger partial charge on any atom is 0.251 e. The van der Waals surface area contributed by atoms with Crippen LogP contribution in [0.15, 0.2) is 57.5 Å². The second kappa shape index (κ2) is 9.33. The monoisotopic (exact) mass is 588 g/mol. The molecule has 5 rings (SSSR count). The van der Waals surface area contributed by atoms with Gasteiger partial charge in [-0.25, -0.2) is 9.80 Å². The number of nitrogens with zero attached hydrogens (tertiary/aromatic N) is 4. The minimum absolute atomic E-state index is 0.142. The maximum absolute atomic E-state index is 13.1. The molecule has 0 aliphatic carbocycles. The van der Waals surface area contributed by atoms with Crippen LogP contribution in [0, 0.1) is 0 Å². The van der Waals surface area contributed by atoms with Crippen LogP contribution in [0.25, 0.3) is 0 Å². The number of rotatable bonds is 4. The third kappa shape index (κ3) is 4.24. The number of imide groups is 2. The first kappa shape index (κ1) is 23.3. The van der Waals surface area contributed by atoms with Crippen LogP contribution in [0.5, 0.6) is 0 Å². The Bertz CT molecular complexity index is 1090. The van der Waals surface area contributed by atoms with E-state index in [1.165, 1.54) is 9.80 Å². The summed E-state index contributed by atoms with van der Waals surface area (Å²) in [6.07, 6.45) is 0.283. The zero-order chi connectivity index (χ0) is 24.0. The lowest BCUT2D eigenvalue weighted by atomic mass is 10.1. The fourth-order valence-corrected chi connectivity index (χ4v) is 5.71. The van der Waals surface area contributed by atoms with Gasteiger partial charge in [0.2, 0.25) is 11.8 Å². The van der Waals surface area contributed by atoms with Crippen molar-refractivity contribution in [2.45, 2.75) is 24.9 Å². The van der Waals surface area contributed by atoms with Crippen LogP contribution in [-0.4, -0.2) is 71.7 Å². The van der Waals surface area contributed by atoms with Gasteiger partial charge in [-0.1, -0.05) is 44.0 Å². The van der Waals surface area contributed by atoms with E-state index in [1.807, 2.05) is 21.9 Å². The zero-order valence-electron chi connectivity index (χ0n) is 18.2. The summed E-state index contributed by atoms with van der Waals surface area (Å²) in [5, 5.41) is 0. The van der Waals surface area contributed by atoms with Gasteiger partial charge in [0.25, 0.3) is 11.8 Å². The summed E-state index contributed by atoms with van der Waals surface area (Å²) in [6.45, 7) is 2.19. The fraction of sp³-hybridized carbons (Fsp3) is 0.333. The normalized spacial score (nSPS) is 24.5. The van der Waals surface area contributed by atoms with E-state index in [4.69, 9.17) is 0 Å². The van der Waals surface area contributed by atoms with Gasteiger partial charge < -0.3 is 0 Å². The third-order valence-electron chi connectivity index (χ3n) is 6.61. The van der Waals surface area contributed by atoms with Crippen molar-refractivity contribution in [1.29, 1.82) is 0 Å². The number of amides is 4. The quantitative estimate of drug-likeness (QED) is 0.510. The molecule has 10 heteroatoms. The predicted molar refractivity (Wildman–Crippen MR) is 133 cm³/mol. The summed E-state index contributed by atoms with van der Waals surface area (Å²) in [5.41, 5.74) is 1.13. The number of halogens is 2. The number of piperazine rings is 1. The highest BCUT2D eigenvalue weighted by molar-refractivity contribution is 9.10. The molecule has 2 atom stereocenters. The molecule has 0 saturated carbocycles. The second-order valence-corrected chi connectivity index (χ2v) is 10.4. The van der Waals surface area contributed by atoms with Crippen LogP contribution in [0.4, 0.5) is 11.4 Å². The molecule has 34 heavy (non-hydrogen) atoms. The van der Waals surface area contributed by atoms with Crippen LogP contribution >= 0.6 is 31.9 Å². The van der Waals surface area contributed by atoms with E-state index < -0.39 is 12.1 Å². The largest absolute Gasteiger partial charge is 0.289 e. The topological polar surface area (TPSA) is 81.2 Å². The van der Waals surface area contributed by atoms with Gasteiger partial charge in [-0.3, -0.25) is 29.0 Å². The lowest BCUT2D eigenvalue weighted by Gasteiger charge is -2.38. The number of anilines is 2. The molecule has 0 unspecified atom stereocenters. The molecule has 176 valence electrons. The van der Waals surface area contributed by atoms with E-state index in [1.54, 1.807) is 36.4 Å². The molecule has 2 aromatic carbocycles. The van der Waals surface area contributed by atoms with E-state index in [0.29, 0.717) is 37.6 Å². The summed E-state index contributed by atoms with van der Waals surface area (Å²) in [5.74, 6) is -0.859. The lowest BCUT2D eigenvalue weighted by Crippen LogP contribution is -2.56. The SMILES string of the molecule is O=C1C[C@@H](N2CCN([C@@H]3CC(=O)N(c4cccc(Br)c4)C3=O)CC2)C(=O)N1c1cccc(Br)c1. The molecule has 3 fully saturated rings. The van der Waals surface area contributed by atoms with Crippen molar-refractivity contribution in [3.8, 4) is 0 Å². The average Bonchev–Trinajstić information content (AvgIpc) is 3.28. The Labute approximate surface area is 213 Å². The van der Waals surface area contributed by atoms with Gasteiger partial charge in [-0.05, 0) is 36.4 Å². The Morgan fingerprint density at radius 1 is 0.618 bits per heavy atom. The molecule has 3 aliphatic rings. The molecule has 0 aromatic heterocycles. The van der Waals surface area contributed by atoms with Gasteiger partial charge in [0, 0.05) is 35.1 Å². The van der Waals surface area contributed by atoms with E-state index in [0.717, 1.165) is 8.95 Å². The molecule has 4 amide bonds. The van der Waals surface area contributed by atoms with E-state index in [-0.39, 0.29) is 36.5 Å². The predicted octanol–water partition coefficient (Wildman–Crippen LogP) is 2.79. The summed E-state index contributed by atoms with van der Waals surface area (Å²) < 4.78 is 1.60. The van der Waals surface area contributed by atoms with Gasteiger partial charge in [0.05, 0.1) is 36.3 Å². The number of hydrogen-bond donors (Lipinski definition) is 0. The van der Waals surface area contributed by atoms with Crippen molar-refractivity contribution in [3.63, 3.8) is 0 Å². The van der Waals surface area contributed by atoms with Gasteiger partial charge >= 0.3 is 0 Å².